The van der Waals surface area contributed by atoms with E-state index in [1.807, 2.05) is 36.4 Å². The first-order valence-corrected chi connectivity index (χ1v) is 10.5. The van der Waals surface area contributed by atoms with Crippen LogP contribution >= 0.6 is 0 Å². The second kappa shape index (κ2) is 8.64. The Morgan fingerprint density at radius 1 is 0.943 bits per heavy atom. The molecule has 5 rings (SSSR count). The summed E-state index contributed by atoms with van der Waals surface area (Å²) < 4.78 is 40.9. The molecule has 1 amide bonds. The van der Waals surface area contributed by atoms with E-state index in [9.17, 15) is 18.0 Å². The van der Waals surface area contributed by atoms with Crippen LogP contribution in [0.3, 0.4) is 0 Å². The molecule has 0 saturated heterocycles. The number of hydrogen-bond acceptors (Lipinski definition) is 5. The quantitative estimate of drug-likeness (QED) is 0.374. The highest BCUT2D eigenvalue weighted by Crippen LogP contribution is 2.34. The molecule has 10 heteroatoms. The number of para-hydroxylation sites is 1. The molecule has 0 aliphatic rings. The van der Waals surface area contributed by atoms with E-state index in [-0.39, 0.29) is 5.69 Å². The van der Waals surface area contributed by atoms with Gasteiger partial charge >= 0.3 is 6.18 Å². The maximum absolute atomic E-state index is 13.6. The number of alkyl halides is 3. The van der Waals surface area contributed by atoms with Gasteiger partial charge in [-0.05, 0) is 47.9 Å². The summed E-state index contributed by atoms with van der Waals surface area (Å²) in [7, 11) is 0. The molecular formula is C25H17F3N6O. The van der Waals surface area contributed by atoms with Gasteiger partial charge in [0.05, 0.1) is 29.8 Å². The zero-order chi connectivity index (χ0) is 24.6. The molecule has 2 aromatic carbocycles. The summed E-state index contributed by atoms with van der Waals surface area (Å²) in [6.07, 6.45) is 0.638. The Balaban J connectivity index is 1.44. The highest BCUT2D eigenvalue weighted by Gasteiger charge is 2.36. The van der Waals surface area contributed by atoms with Crippen molar-refractivity contribution in [2.45, 2.75) is 13.1 Å². The Morgan fingerprint density at radius 2 is 1.71 bits per heavy atom. The van der Waals surface area contributed by atoms with Crippen molar-refractivity contribution in [2.24, 2.45) is 0 Å². The summed E-state index contributed by atoms with van der Waals surface area (Å²) in [5.41, 5.74) is 2.55. The highest BCUT2D eigenvalue weighted by molar-refractivity contribution is 6.06. The van der Waals surface area contributed by atoms with Crippen LogP contribution < -0.4 is 5.32 Å². The molecule has 0 unspecified atom stereocenters. The number of benzene rings is 2. The average molecular weight is 474 g/mol. The average Bonchev–Trinajstić information content (AvgIpc) is 3.38. The minimum atomic E-state index is -4.72. The van der Waals surface area contributed by atoms with Gasteiger partial charge in [-0.3, -0.25) is 9.78 Å². The van der Waals surface area contributed by atoms with Crippen molar-refractivity contribution in [3.05, 3.63) is 96.1 Å². The van der Waals surface area contributed by atoms with Gasteiger partial charge in [0.1, 0.15) is 5.56 Å². The van der Waals surface area contributed by atoms with E-state index in [0.29, 0.717) is 11.1 Å². The minimum absolute atomic E-state index is 0.0955. The normalized spacial score (nSPS) is 11.5. The van der Waals surface area contributed by atoms with Crippen LogP contribution in [0.2, 0.25) is 0 Å². The molecule has 7 nitrogen and oxygen atoms in total. The maximum atomic E-state index is 13.6. The number of aromatic nitrogens is 5. The van der Waals surface area contributed by atoms with Crippen LogP contribution in [0.15, 0.2) is 79.4 Å². The molecular weight excluding hydrogens is 457 g/mol. The zero-order valence-electron chi connectivity index (χ0n) is 18.3. The maximum Gasteiger partial charge on any atom is 0.420 e. The molecule has 0 aliphatic carbocycles. The van der Waals surface area contributed by atoms with Crippen molar-refractivity contribution in [3.8, 4) is 16.9 Å². The number of carbonyl (C=O) groups excluding carboxylic acids is 1. The molecule has 0 bridgehead atoms. The second-order valence-corrected chi connectivity index (χ2v) is 7.77. The van der Waals surface area contributed by atoms with E-state index in [1.165, 1.54) is 12.4 Å². The van der Waals surface area contributed by atoms with Crippen LogP contribution in [0.5, 0.6) is 0 Å². The molecule has 0 atom stereocenters. The third kappa shape index (κ3) is 4.33. The molecule has 0 aliphatic heterocycles. The van der Waals surface area contributed by atoms with Crippen LogP contribution in [-0.2, 0) is 6.18 Å². The zero-order valence-corrected chi connectivity index (χ0v) is 18.3. The van der Waals surface area contributed by atoms with Crippen LogP contribution in [0.1, 0.15) is 21.5 Å². The van der Waals surface area contributed by atoms with E-state index in [2.05, 4.69) is 25.5 Å². The first-order valence-electron chi connectivity index (χ1n) is 10.5. The fourth-order valence-electron chi connectivity index (χ4n) is 3.85. The SMILES string of the molecule is Cc1cc(-c2ccnc3ccccc23)ccc1C(=O)Nc1cnc(-n2nccn2)c(C(F)(F)F)c1. The van der Waals surface area contributed by atoms with Gasteiger partial charge in [-0.15, -0.1) is 4.80 Å². The number of amides is 1. The Morgan fingerprint density at radius 3 is 2.46 bits per heavy atom. The summed E-state index contributed by atoms with van der Waals surface area (Å²) >= 11 is 0. The summed E-state index contributed by atoms with van der Waals surface area (Å²) in [4.78, 5) is 21.9. The topological polar surface area (TPSA) is 85.6 Å². The smallest absolute Gasteiger partial charge is 0.321 e. The van der Waals surface area contributed by atoms with Crippen LogP contribution in [0.4, 0.5) is 18.9 Å². The summed E-state index contributed by atoms with van der Waals surface area (Å²) in [5.74, 6) is -1.03. The van der Waals surface area contributed by atoms with Crippen molar-refractivity contribution < 1.29 is 18.0 Å². The van der Waals surface area contributed by atoms with Gasteiger partial charge in [0.2, 0.25) is 0 Å². The second-order valence-electron chi connectivity index (χ2n) is 7.77. The van der Waals surface area contributed by atoms with E-state index in [0.717, 1.165) is 39.1 Å². The first kappa shape index (κ1) is 22.2. The van der Waals surface area contributed by atoms with Gasteiger partial charge < -0.3 is 5.32 Å². The lowest BCUT2D eigenvalue weighted by Gasteiger charge is -2.14. The predicted molar refractivity (Wildman–Crippen MR) is 124 cm³/mol. The van der Waals surface area contributed by atoms with Gasteiger partial charge in [0.25, 0.3) is 5.91 Å². The van der Waals surface area contributed by atoms with E-state index in [1.54, 1.807) is 25.3 Å². The fraction of sp³-hybridized carbons (Fsp3) is 0.0800. The van der Waals surface area contributed by atoms with Crippen molar-refractivity contribution in [2.75, 3.05) is 5.32 Å². The van der Waals surface area contributed by atoms with Crippen LogP contribution in [-0.4, -0.2) is 30.9 Å². The fourth-order valence-corrected chi connectivity index (χ4v) is 3.85. The third-order valence-corrected chi connectivity index (χ3v) is 5.47. The number of hydrogen-bond donors (Lipinski definition) is 1. The van der Waals surface area contributed by atoms with Crippen molar-refractivity contribution >= 4 is 22.5 Å². The van der Waals surface area contributed by atoms with Crippen LogP contribution in [0, 0.1) is 6.92 Å². The number of anilines is 1. The first-order chi connectivity index (χ1) is 16.8. The Hall–Kier alpha value is -4.60. The molecule has 0 fully saturated rings. The van der Waals surface area contributed by atoms with Gasteiger partial charge in [0.15, 0.2) is 5.82 Å². The molecule has 5 aromatic rings. The largest absolute Gasteiger partial charge is 0.420 e. The molecule has 174 valence electrons. The number of nitrogens with zero attached hydrogens (tertiary/aromatic N) is 5. The van der Waals surface area contributed by atoms with Crippen molar-refractivity contribution in [3.63, 3.8) is 0 Å². The molecule has 1 N–H and O–H groups in total. The highest BCUT2D eigenvalue weighted by atomic mass is 19.4. The van der Waals surface area contributed by atoms with Crippen molar-refractivity contribution in [1.29, 1.82) is 0 Å². The summed E-state index contributed by atoms with van der Waals surface area (Å²) in [6, 6.07) is 15.8. The molecule has 0 spiro atoms. The number of nitrogens with one attached hydrogen (secondary N) is 1. The van der Waals surface area contributed by atoms with Crippen molar-refractivity contribution in [1.82, 2.24) is 25.0 Å². The lowest BCUT2D eigenvalue weighted by atomic mass is 9.97. The lowest BCUT2D eigenvalue weighted by Crippen LogP contribution is -2.17. The summed E-state index contributed by atoms with van der Waals surface area (Å²) in [6.45, 7) is 1.77. The Bertz CT molecular complexity index is 1540. The van der Waals surface area contributed by atoms with Gasteiger partial charge in [0, 0.05) is 17.1 Å². The number of fused-ring (bicyclic) bond motifs is 1. The molecule has 0 radical (unpaired) electrons. The molecule has 0 saturated carbocycles. The molecule has 3 heterocycles. The number of rotatable bonds is 4. The van der Waals surface area contributed by atoms with E-state index < -0.39 is 23.5 Å². The monoisotopic (exact) mass is 474 g/mol. The number of pyridine rings is 2. The number of halogens is 3. The minimum Gasteiger partial charge on any atom is -0.321 e. The number of carbonyl (C=O) groups is 1. The van der Waals surface area contributed by atoms with E-state index >= 15 is 0 Å². The third-order valence-electron chi connectivity index (χ3n) is 5.47. The van der Waals surface area contributed by atoms with Crippen LogP contribution in [0.25, 0.3) is 27.8 Å². The predicted octanol–water partition coefficient (Wildman–Crippen LogP) is 5.46. The molecule has 35 heavy (non-hydrogen) atoms. The van der Waals surface area contributed by atoms with Gasteiger partial charge in [-0.1, -0.05) is 30.3 Å². The van der Waals surface area contributed by atoms with Gasteiger partial charge in [-0.2, -0.15) is 23.4 Å². The lowest BCUT2D eigenvalue weighted by molar-refractivity contribution is -0.137. The Kier molecular flexibility index (Phi) is 5.48. The standard InChI is InChI=1S/C25H17F3N6O/c1-15-12-16(19-8-9-29-22-5-3-2-4-20(19)22)6-7-18(15)24(35)33-17-13-21(25(26,27)28)23(30-14-17)34-31-10-11-32-34/h2-14H,1H3,(H,33,35). The van der Waals surface area contributed by atoms with E-state index in [4.69, 9.17) is 0 Å². The summed E-state index contributed by atoms with van der Waals surface area (Å²) in [5, 5.41) is 10.9. The Labute approximate surface area is 197 Å². The molecule has 3 aromatic heterocycles. The number of aryl methyl sites for hydroxylation is 1. The van der Waals surface area contributed by atoms with Gasteiger partial charge in [-0.25, -0.2) is 4.98 Å².